The summed E-state index contributed by atoms with van der Waals surface area (Å²) < 4.78 is 6.08. The van der Waals surface area contributed by atoms with E-state index in [9.17, 15) is 0 Å². The van der Waals surface area contributed by atoms with E-state index in [1.54, 1.807) is 0 Å². The fourth-order valence-corrected chi connectivity index (χ4v) is 5.73. The largest absolute Gasteiger partial charge is 0.456 e. The molecule has 0 fully saturated rings. The Balaban J connectivity index is 0.000000197. The van der Waals surface area contributed by atoms with Gasteiger partial charge in [0.2, 0.25) is 0 Å². The maximum absolute atomic E-state index is 6.08. The van der Waals surface area contributed by atoms with Gasteiger partial charge in [0.15, 0.2) is 0 Å². The summed E-state index contributed by atoms with van der Waals surface area (Å²) in [7, 11) is 0. The molecule has 0 aliphatic carbocycles. The van der Waals surface area contributed by atoms with E-state index >= 15 is 0 Å². The Bertz CT molecular complexity index is 2320. The van der Waals surface area contributed by atoms with Crippen LogP contribution in [0.5, 0.6) is 0 Å². The van der Waals surface area contributed by atoms with Crippen LogP contribution in [0.4, 0.5) is 0 Å². The zero-order valence-corrected chi connectivity index (χ0v) is 28.6. The molecule has 0 saturated carbocycles. The summed E-state index contributed by atoms with van der Waals surface area (Å²) in [6.07, 6.45) is 3.77. The first kappa shape index (κ1) is 31.1. The number of benzene rings is 5. The second kappa shape index (κ2) is 13.2. The molecule has 46 heavy (non-hydrogen) atoms. The van der Waals surface area contributed by atoms with E-state index in [0.717, 1.165) is 44.6 Å². The third-order valence-corrected chi connectivity index (χ3v) is 8.32. The quantitative estimate of drug-likeness (QED) is 0.168. The molecule has 227 valence electrons. The first-order valence-electron chi connectivity index (χ1n) is 15.1. The van der Waals surface area contributed by atoms with Crippen LogP contribution in [0.3, 0.4) is 0 Å². The van der Waals surface area contributed by atoms with Gasteiger partial charge in [0, 0.05) is 43.3 Å². The third kappa shape index (κ3) is 6.15. The topological polar surface area (TPSA) is 38.9 Å². The minimum absolute atomic E-state index is 0. The second-order valence-electron chi connectivity index (χ2n) is 11.6. The van der Waals surface area contributed by atoms with Gasteiger partial charge in [-0.2, -0.15) is 0 Å². The number of fused-ring (bicyclic) bond motifs is 5. The number of hydrogen-bond donors (Lipinski definition) is 0. The van der Waals surface area contributed by atoms with Crippen LogP contribution in [0.25, 0.3) is 66.4 Å². The summed E-state index contributed by atoms with van der Waals surface area (Å²) in [5, 5.41) is 4.75. The Labute approximate surface area is 283 Å². The van der Waals surface area contributed by atoms with Crippen molar-refractivity contribution >= 4 is 32.7 Å². The Kier molecular flexibility index (Phi) is 8.94. The fraction of sp³-hybridized carbons (Fsp3) is 0.0952. The average molecular weight is 773 g/mol. The van der Waals surface area contributed by atoms with E-state index in [4.69, 9.17) is 4.42 Å². The van der Waals surface area contributed by atoms with E-state index in [1.807, 2.05) is 42.7 Å². The number of nitrogens with zero attached hydrogens (tertiary/aromatic N) is 2. The standard InChI is InChI=1S/C28H18NO.C14H14N.Ir/c1-18-14-15-29-25(16-18)20-7-4-6-19(17-20)21-9-5-10-23-22(21)12-13-27-28(23)24-8-2-3-11-26(24)30-27;1-10-4-6-13(7-5-10)14-8-11(2)12(3)9-15-14;/h2-6,8-17H,1H3;4-6,8-9H,1-3H3;/q2*-1;. The summed E-state index contributed by atoms with van der Waals surface area (Å²) in [6, 6.07) is 44.2. The van der Waals surface area contributed by atoms with Crippen LogP contribution in [0, 0.1) is 39.8 Å². The van der Waals surface area contributed by atoms with Crippen LogP contribution in [-0.4, -0.2) is 9.97 Å². The number of aromatic nitrogens is 2. The second-order valence-corrected chi connectivity index (χ2v) is 11.6. The molecular formula is C42H32IrN2O-2. The maximum atomic E-state index is 6.08. The normalized spacial score (nSPS) is 10.9. The average Bonchev–Trinajstić information content (AvgIpc) is 3.46. The molecule has 1 radical (unpaired) electrons. The van der Waals surface area contributed by atoms with Crippen LogP contribution < -0.4 is 0 Å². The molecule has 3 aromatic heterocycles. The number of rotatable bonds is 3. The molecule has 0 N–H and O–H groups in total. The Morgan fingerprint density at radius 3 is 2.22 bits per heavy atom. The summed E-state index contributed by atoms with van der Waals surface area (Å²) in [4.78, 5) is 8.94. The first-order valence-corrected chi connectivity index (χ1v) is 15.1. The Hall–Kier alpha value is -4.89. The Morgan fingerprint density at radius 1 is 0.587 bits per heavy atom. The minimum Gasteiger partial charge on any atom is -0.456 e. The molecule has 0 amide bonds. The predicted octanol–water partition coefficient (Wildman–Crippen LogP) is 11.0. The van der Waals surface area contributed by atoms with Crippen molar-refractivity contribution in [2.75, 3.05) is 0 Å². The number of para-hydroxylation sites is 1. The number of hydrogen-bond acceptors (Lipinski definition) is 3. The van der Waals surface area contributed by atoms with E-state index in [0.29, 0.717) is 0 Å². The van der Waals surface area contributed by atoms with Gasteiger partial charge in [-0.15, -0.1) is 70.8 Å². The molecule has 4 heteroatoms. The van der Waals surface area contributed by atoms with Crippen LogP contribution in [0.1, 0.15) is 22.3 Å². The molecule has 5 aromatic carbocycles. The van der Waals surface area contributed by atoms with Gasteiger partial charge in [0.05, 0.1) is 0 Å². The molecule has 0 aliphatic heterocycles. The molecule has 3 heterocycles. The van der Waals surface area contributed by atoms with E-state index in [1.165, 1.54) is 44.0 Å². The number of aryl methyl sites for hydroxylation is 4. The van der Waals surface area contributed by atoms with Crippen LogP contribution in [0.15, 0.2) is 126 Å². The predicted molar refractivity (Wildman–Crippen MR) is 186 cm³/mol. The molecule has 0 spiro atoms. The summed E-state index contributed by atoms with van der Waals surface area (Å²) in [5.74, 6) is 0. The molecule has 0 bridgehead atoms. The van der Waals surface area contributed by atoms with Gasteiger partial charge in [-0.3, -0.25) is 0 Å². The molecule has 0 atom stereocenters. The molecule has 3 nitrogen and oxygen atoms in total. The zero-order valence-electron chi connectivity index (χ0n) is 26.2. The van der Waals surface area contributed by atoms with Crippen molar-refractivity contribution in [1.29, 1.82) is 0 Å². The zero-order chi connectivity index (χ0) is 30.9. The van der Waals surface area contributed by atoms with Crippen LogP contribution in [0.2, 0.25) is 0 Å². The van der Waals surface area contributed by atoms with Crippen molar-refractivity contribution in [2.45, 2.75) is 27.7 Å². The number of furan rings is 1. The van der Waals surface area contributed by atoms with Gasteiger partial charge in [0.1, 0.15) is 11.2 Å². The van der Waals surface area contributed by atoms with Gasteiger partial charge in [-0.05, 0) is 72.3 Å². The third-order valence-electron chi connectivity index (χ3n) is 8.32. The van der Waals surface area contributed by atoms with Crippen LogP contribution in [-0.2, 0) is 20.1 Å². The van der Waals surface area contributed by atoms with Gasteiger partial charge in [-0.25, -0.2) is 0 Å². The van der Waals surface area contributed by atoms with Crippen molar-refractivity contribution in [1.82, 2.24) is 9.97 Å². The van der Waals surface area contributed by atoms with E-state index < -0.39 is 0 Å². The van der Waals surface area contributed by atoms with Crippen molar-refractivity contribution in [3.63, 3.8) is 0 Å². The van der Waals surface area contributed by atoms with Crippen molar-refractivity contribution < 1.29 is 24.5 Å². The molecule has 8 aromatic rings. The van der Waals surface area contributed by atoms with Crippen LogP contribution >= 0.6 is 0 Å². The fourth-order valence-electron chi connectivity index (χ4n) is 5.73. The minimum atomic E-state index is 0. The molecule has 0 aliphatic rings. The first-order chi connectivity index (χ1) is 21.9. The van der Waals surface area contributed by atoms with Gasteiger partial charge >= 0.3 is 0 Å². The number of pyridine rings is 2. The molecule has 0 saturated heterocycles. The summed E-state index contributed by atoms with van der Waals surface area (Å²) in [5.41, 5.74) is 13.1. The Morgan fingerprint density at radius 2 is 1.41 bits per heavy atom. The molecule has 0 unspecified atom stereocenters. The maximum Gasteiger partial charge on any atom is 0.136 e. The van der Waals surface area contributed by atoms with Gasteiger partial charge in [0.25, 0.3) is 0 Å². The summed E-state index contributed by atoms with van der Waals surface area (Å²) >= 11 is 0. The molecular weight excluding hydrogens is 741 g/mol. The molecule has 8 rings (SSSR count). The van der Waals surface area contributed by atoms with Crippen molar-refractivity contribution in [3.05, 3.63) is 156 Å². The summed E-state index contributed by atoms with van der Waals surface area (Å²) in [6.45, 7) is 8.33. The van der Waals surface area contributed by atoms with Crippen molar-refractivity contribution in [3.8, 4) is 33.6 Å². The van der Waals surface area contributed by atoms with E-state index in [-0.39, 0.29) is 20.1 Å². The smallest absolute Gasteiger partial charge is 0.136 e. The SMILES string of the molecule is Cc1c[c-]c(-c2cc(C)c(C)cn2)cc1.Cc1ccnc(-c2[c-]ccc(-c3cccc4c3ccc3oc5ccccc5c34)c2)c1.[Ir]. The van der Waals surface area contributed by atoms with Gasteiger partial charge < -0.3 is 14.4 Å². The van der Waals surface area contributed by atoms with E-state index in [2.05, 4.69) is 129 Å². The van der Waals surface area contributed by atoms with Gasteiger partial charge in [-0.1, -0.05) is 72.6 Å². The van der Waals surface area contributed by atoms with Crippen molar-refractivity contribution in [2.24, 2.45) is 0 Å². The monoisotopic (exact) mass is 773 g/mol.